The molecule has 3 saturated carbocycles. The van der Waals surface area contributed by atoms with Gasteiger partial charge in [0, 0.05) is 12.0 Å². The van der Waals surface area contributed by atoms with Gasteiger partial charge in [-0.3, -0.25) is 9.59 Å². The molecule has 0 radical (unpaired) electrons. The van der Waals surface area contributed by atoms with E-state index in [1.807, 2.05) is 20.8 Å². The van der Waals surface area contributed by atoms with Gasteiger partial charge >= 0.3 is 5.97 Å². The first-order valence-corrected chi connectivity index (χ1v) is 7.81. The molecule has 0 saturated heterocycles. The Bertz CT molecular complexity index is 423. The number of rotatable bonds is 4. The van der Waals surface area contributed by atoms with Crippen molar-refractivity contribution in [2.75, 3.05) is 0 Å². The monoisotopic (exact) mass is 279 g/mol. The number of nitrogens with one attached hydrogen (secondary N) is 1. The second-order valence-corrected chi connectivity index (χ2v) is 8.04. The van der Waals surface area contributed by atoms with Crippen molar-refractivity contribution in [1.29, 1.82) is 0 Å². The number of aliphatic carboxylic acids is 1. The average molecular weight is 279 g/mol. The van der Waals surface area contributed by atoms with Crippen LogP contribution in [-0.2, 0) is 9.59 Å². The van der Waals surface area contributed by atoms with Gasteiger partial charge in [-0.15, -0.1) is 0 Å². The van der Waals surface area contributed by atoms with Crippen LogP contribution in [0, 0.1) is 35.0 Å². The van der Waals surface area contributed by atoms with Crippen LogP contribution < -0.4 is 5.32 Å². The first kappa shape index (κ1) is 13.9. The Morgan fingerprint density at radius 3 is 2.20 bits per heavy atom. The van der Waals surface area contributed by atoms with Gasteiger partial charge in [0.05, 0.1) is 6.42 Å². The Morgan fingerprint density at radius 1 is 1.20 bits per heavy atom. The number of carboxylic acids is 1. The standard InChI is InChI=1S/C16H25NO3/c1-16(2,3)10(7-11(18)19)17-15(20)14-12-8-4-5-9(6-8)13(12)14/h8-10,12-14H,4-7H2,1-3H3,(H,17,20)(H,18,19). The summed E-state index contributed by atoms with van der Waals surface area (Å²) in [6, 6.07) is -0.286. The molecule has 0 spiro atoms. The van der Waals surface area contributed by atoms with Crippen LogP contribution >= 0.6 is 0 Å². The summed E-state index contributed by atoms with van der Waals surface area (Å²) in [5, 5.41) is 12.0. The Balaban J connectivity index is 1.62. The first-order valence-electron chi connectivity index (χ1n) is 7.81. The van der Waals surface area contributed by atoms with Crippen molar-refractivity contribution in [3.8, 4) is 0 Å². The molecule has 0 aromatic carbocycles. The highest BCUT2D eigenvalue weighted by Crippen LogP contribution is 2.69. The van der Waals surface area contributed by atoms with Crippen LogP contribution in [-0.4, -0.2) is 23.0 Å². The highest BCUT2D eigenvalue weighted by Gasteiger charge is 2.67. The summed E-state index contributed by atoms with van der Waals surface area (Å²) >= 11 is 0. The van der Waals surface area contributed by atoms with Crippen LogP contribution in [0.5, 0.6) is 0 Å². The van der Waals surface area contributed by atoms with E-state index < -0.39 is 5.97 Å². The smallest absolute Gasteiger partial charge is 0.305 e. The lowest BCUT2D eigenvalue weighted by molar-refractivity contribution is -0.138. The molecule has 4 heteroatoms. The molecule has 112 valence electrons. The number of carbonyl (C=O) groups is 2. The van der Waals surface area contributed by atoms with Crippen LogP contribution in [0.1, 0.15) is 46.5 Å². The van der Waals surface area contributed by atoms with Crippen molar-refractivity contribution >= 4 is 11.9 Å². The molecule has 3 rings (SSSR count). The fraction of sp³-hybridized carbons (Fsp3) is 0.875. The van der Waals surface area contributed by atoms with Crippen LogP contribution in [0.3, 0.4) is 0 Å². The normalized spacial score (nSPS) is 39.2. The fourth-order valence-corrected chi connectivity index (χ4v) is 4.69. The van der Waals surface area contributed by atoms with E-state index in [0.29, 0.717) is 11.8 Å². The Labute approximate surface area is 120 Å². The maximum atomic E-state index is 12.5. The van der Waals surface area contributed by atoms with Crippen molar-refractivity contribution < 1.29 is 14.7 Å². The van der Waals surface area contributed by atoms with Crippen LogP contribution in [0.4, 0.5) is 0 Å². The van der Waals surface area contributed by atoms with E-state index in [9.17, 15) is 9.59 Å². The molecule has 1 amide bonds. The van der Waals surface area contributed by atoms with E-state index in [1.165, 1.54) is 19.3 Å². The van der Waals surface area contributed by atoms with Gasteiger partial charge in [-0.1, -0.05) is 20.8 Å². The van der Waals surface area contributed by atoms with Crippen molar-refractivity contribution in [2.24, 2.45) is 35.0 Å². The van der Waals surface area contributed by atoms with Gasteiger partial charge < -0.3 is 10.4 Å². The largest absolute Gasteiger partial charge is 0.481 e. The Hall–Kier alpha value is -1.06. The molecule has 4 nitrogen and oxygen atoms in total. The van der Waals surface area contributed by atoms with Crippen molar-refractivity contribution in [2.45, 2.75) is 52.5 Å². The Morgan fingerprint density at radius 2 is 1.75 bits per heavy atom. The predicted molar refractivity (Wildman–Crippen MR) is 74.9 cm³/mol. The minimum absolute atomic E-state index is 0.00412. The van der Waals surface area contributed by atoms with Crippen molar-refractivity contribution in [3.63, 3.8) is 0 Å². The summed E-state index contributed by atoms with van der Waals surface area (Å²) in [6.07, 6.45) is 3.93. The van der Waals surface area contributed by atoms with Gasteiger partial charge in [0.2, 0.25) is 5.91 Å². The molecule has 0 heterocycles. The van der Waals surface area contributed by atoms with E-state index in [2.05, 4.69) is 5.32 Å². The second-order valence-electron chi connectivity index (χ2n) is 8.04. The molecular weight excluding hydrogens is 254 g/mol. The highest BCUT2D eigenvalue weighted by molar-refractivity contribution is 5.83. The summed E-state index contributed by atoms with van der Waals surface area (Å²) in [6.45, 7) is 5.95. The molecule has 5 unspecified atom stereocenters. The van der Waals surface area contributed by atoms with Crippen molar-refractivity contribution in [1.82, 2.24) is 5.32 Å². The Kier molecular flexibility index (Phi) is 3.11. The third-order valence-corrected chi connectivity index (χ3v) is 5.78. The molecular formula is C16H25NO3. The highest BCUT2D eigenvalue weighted by atomic mass is 16.4. The molecule has 5 atom stereocenters. The fourth-order valence-electron chi connectivity index (χ4n) is 4.69. The van der Waals surface area contributed by atoms with Gasteiger partial charge in [-0.05, 0) is 48.3 Å². The lowest BCUT2D eigenvalue weighted by Gasteiger charge is -2.30. The summed E-state index contributed by atoms with van der Waals surface area (Å²) < 4.78 is 0. The minimum atomic E-state index is -0.846. The quantitative estimate of drug-likeness (QED) is 0.829. The zero-order chi connectivity index (χ0) is 14.7. The topological polar surface area (TPSA) is 66.4 Å². The van der Waals surface area contributed by atoms with E-state index in [-0.39, 0.29) is 29.7 Å². The zero-order valence-electron chi connectivity index (χ0n) is 12.6. The number of amides is 1. The average Bonchev–Trinajstić information content (AvgIpc) is 2.76. The number of carboxylic acid groups (broad SMARTS) is 1. The van der Waals surface area contributed by atoms with Crippen LogP contribution in [0.25, 0.3) is 0 Å². The molecule has 0 aromatic heterocycles. The SMILES string of the molecule is CC(C)(C)C(CC(=O)O)NC(=O)C1C2C3CCC(C3)C12. The summed E-state index contributed by atoms with van der Waals surface area (Å²) in [5.41, 5.74) is -0.225. The van der Waals surface area contributed by atoms with Crippen LogP contribution in [0.2, 0.25) is 0 Å². The number of hydrogen-bond donors (Lipinski definition) is 2. The van der Waals surface area contributed by atoms with Gasteiger partial charge in [-0.25, -0.2) is 0 Å². The van der Waals surface area contributed by atoms with Gasteiger partial charge in [0.1, 0.15) is 0 Å². The van der Waals surface area contributed by atoms with Gasteiger partial charge in [0.15, 0.2) is 0 Å². The first-order chi connectivity index (χ1) is 9.29. The summed E-state index contributed by atoms with van der Waals surface area (Å²) in [4.78, 5) is 23.5. The van der Waals surface area contributed by atoms with E-state index in [4.69, 9.17) is 5.11 Å². The molecule has 2 N–H and O–H groups in total. The molecule has 3 aliphatic carbocycles. The lowest BCUT2D eigenvalue weighted by atomic mass is 9.84. The third kappa shape index (κ3) is 2.23. The number of hydrogen-bond acceptors (Lipinski definition) is 2. The van der Waals surface area contributed by atoms with E-state index in [1.54, 1.807) is 0 Å². The predicted octanol–water partition coefficient (Wildman–Crippen LogP) is 2.28. The molecule has 3 aliphatic rings. The second kappa shape index (κ2) is 4.47. The molecule has 2 bridgehead atoms. The zero-order valence-corrected chi connectivity index (χ0v) is 12.6. The van der Waals surface area contributed by atoms with Gasteiger partial charge in [-0.2, -0.15) is 0 Å². The van der Waals surface area contributed by atoms with E-state index in [0.717, 1.165) is 11.8 Å². The number of carbonyl (C=O) groups excluding carboxylic acids is 1. The lowest BCUT2D eigenvalue weighted by Crippen LogP contribution is -2.46. The third-order valence-electron chi connectivity index (χ3n) is 5.78. The maximum Gasteiger partial charge on any atom is 0.305 e. The maximum absolute atomic E-state index is 12.5. The van der Waals surface area contributed by atoms with E-state index >= 15 is 0 Å². The minimum Gasteiger partial charge on any atom is -0.481 e. The summed E-state index contributed by atoms with van der Waals surface area (Å²) in [5.74, 6) is 2.21. The van der Waals surface area contributed by atoms with Crippen LogP contribution in [0.15, 0.2) is 0 Å². The van der Waals surface area contributed by atoms with Gasteiger partial charge in [0.25, 0.3) is 0 Å². The molecule has 20 heavy (non-hydrogen) atoms. The summed E-state index contributed by atoms with van der Waals surface area (Å²) in [7, 11) is 0. The molecule has 0 aromatic rings. The molecule has 3 fully saturated rings. The van der Waals surface area contributed by atoms with Crippen molar-refractivity contribution in [3.05, 3.63) is 0 Å². The molecule has 0 aliphatic heterocycles. The number of fused-ring (bicyclic) bond motifs is 5.